The summed E-state index contributed by atoms with van der Waals surface area (Å²) in [6.07, 6.45) is 0. The minimum atomic E-state index is -0.148. The van der Waals surface area contributed by atoms with Crippen LogP contribution in [0, 0.1) is 13.8 Å². The number of benzene rings is 1. The fourth-order valence-corrected chi connectivity index (χ4v) is 1.54. The van der Waals surface area contributed by atoms with E-state index in [0.29, 0.717) is 6.54 Å². The fraction of sp³-hybridized carbons (Fsp3) is 0.462. The molecule has 0 aliphatic carbocycles. The first-order chi connectivity index (χ1) is 8.04. The number of ether oxygens (including phenoxy) is 1. The highest BCUT2D eigenvalue weighted by atomic mass is 35.5. The summed E-state index contributed by atoms with van der Waals surface area (Å²) in [5.74, 6) is 0.633. The lowest BCUT2D eigenvalue weighted by atomic mass is 10.1. The molecule has 18 heavy (non-hydrogen) atoms. The van der Waals surface area contributed by atoms with Gasteiger partial charge >= 0.3 is 0 Å². The number of amides is 1. The zero-order valence-electron chi connectivity index (χ0n) is 11.0. The highest BCUT2D eigenvalue weighted by Crippen LogP contribution is 2.21. The van der Waals surface area contributed by atoms with Crippen LogP contribution in [0.5, 0.6) is 5.75 Å². The molecule has 102 valence electrons. The molecular formula is C13H21ClN2O2. The molecule has 0 aliphatic heterocycles. The second-order valence-corrected chi connectivity index (χ2v) is 4.21. The maximum Gasteiger partial charge on any atom is 0.258 e. The predicted octanol–water partition coefficient (Wildman–Crippen LogP) is 1.57. The molecule has 0 fully saturated rings. The molecule has 1 amide bonds. The van der Waals surface area contributed by atoms with E-state index in [1.54, 1.807) is 0 Å². The molecule has 0 radical (unpaired) electrons. The number of hydrogen-bond donors (Lipinski definition) is 2. The van der Waals surface area contributed by atoms with Gasteiger partial charge in [-0.05, 0) is 31.9 Å². The van der Waals surface area contributed by atoms with Gasteiger partial charge in [-0.2, -0.15) is 0 Å². The lowest BCUT2D eigenvalue weighted by Gasteiger charge is -2.14. The van der Waals surface area contributed by atoms with Crippen LogP contribution in [0.3, 0.4) is 0 Å². The molecule has 0 aliphatic rings. The average Bonchev–Trinajstić information content (AvgIpc) is 2.28. The predicted molar refractivity (Wildman–Crippen MR) is 75.3 cm³/mol. The van der Waals surface area contributed by atoms with Crippen LogP contribution in [0.25, 0.3) is 0 Å². The number of rotatable bonds is 5. The minimum Gasteiger partial charge on any atom is -0.483 e. The third-order valence-corrected chi connectivity index (χ3v) is 2.52. The lowest BCUT2D eigenvalue weighted by molar-refractivity contribution is -0.123. The Bertz CT molecular complexity index is 376. The van der Waals surface area contributed by atoms with Gasteiger partial charge < -0.3 is 15.8 Å². The Kier molecular flexibility index (Phi) is 7.39. The Morgan fingerprint density at radius 3 is 2.44 bits per heavy atom. The summed E-state index contributed by atoms with van der Waals surface area (Å²) < 4.78 is 5.52. The maximum absolute atomic E-state index is 11.5. The highest BCUT2D eigenvalue weighted by molar-refractivity contribution is 5.85. The van der Waals surface area contributed by atoms with Crippen LogP contribution in [0.1, 0.15) is 18.1 Å². The van der Waals surface area contributed by atoms with Gasteiger partial charge in [0.05, 0.1) is 0 Å². The standard InChI is InChI=1S/C13H20N2O2.ClH/c1-9-5-4-6-10(2)13(9)17-8-12(16)15-11(3)7-14;/h4-6,11H,7-8,14H2,1-3H3,(H,15,16);1H/t11-;/m0./s1. The number of carbonyl (C=O) groups is 1. The van der Waals surface area contributed by atoms with Crippen LogP contribution < -0.4 is 15.8 Å². The molecule has 5 heteroatoms. The lowest BCUT2D eigenvalue weighted by Crippen LogP contribution is -2.40. The first-order valence-electron chi connectivity index (χ1n) is 5.73. The highest BCUT2D eigenvalue weighted by Gasteiger charge is 2.08. The zero-order chi connectivity index (χ0) is 12.8. The number of nitrogens with one attached hydrogen (secondary N) is 1. The summed E-state index contributed by atoms with van der Waals surface area (Å²) in [6.45, 7) is 6.23. The first-order valence-corrected chi connectivity index (χ1v) is 5.73. The van der Waals surface area contributed by atoms with Crippen molar-refractivity contribution in [1.82, 2.24) is 5.32 Å². The summed E-state index contributed by atoms with van der Waals surface area (Å²) >= 11 is 0. The van der Waals surface area contributed by atoms with Crippen LogP contribution in [0.15, 0.2) is 18.2 Å². The number of hydrogen-bond acceptors (Lipinski definition) is 3. The molecule has 0 spiro atoms. The van der Waals surface area contributed by atoms with E-state index < -0.39 is 0 Å². The Morgan fingerprint density at radius 2 is 1.94 bits per heavy atom. The summed E-state index contributed by atoms with van der Waals surface area (Å²) in [7, 11) is 0. The van der Waals surface area contributed by atoms with Gasteiger partial charge in [0.1, 0.15) is 5.75 Å². The Labute approximate surface area is 114 Å². The van der Waals surface area contributed by atoms with Crippen molar-refractivity contribution in [3.63, 3.8) is 0 Å². The molecule has 3 N–H and O–H groups in total. The van der Waals surface area contributed by atoms with Gasteiger partial charge in [-0.25, -0.2) is 0 Å². The molecule has 0 aromatic heterocycles. The van der Waals surface area contributed by atoms with E-state index >= 15 is 0 Å². The van der Waals surface area contributed by atoms with Crippen LogP contribution in [0.4, 0.5) is 0 Å². The quantitative estimate of drug-likeness (QED) is 0.855. The van der Waals surface area contributed by atoms with Crippen LogP contribution in [-0.4, -0.2) is 25.1 Å². The molecule has 1 aromatic rings. The van der Waals surface area contributed by atoms with E-state index in [9.17, 15) is 4.79 Å². The van der Waals surface area contributed by atoms with Crippen LogP contribution >= 0.6 is 12.4 Å². The van der Waals surface area contributed by atoms with Crippen molar-refractivity contribution < 1.29 is 9.53 Å². The fourth-order valence-electron chi connectivity index (χ4n) is 1.54. The monoisotopic (exact) mass is 272 g/mol. The molecule has 0 unspecified atom stereocenters. The van der Waals surface area contributed by atoms with Crippen molar-refractivity contribution in [2.45, 2.75) is 26.8 Å². The average molecular weight is 273 g/mol. The van der Waals surface area contributed by atoms with Crippen LogP contribution in [0.2, 0.25) is 0 Å². The minimum absolute atomic E-state index is 0. The van der Waals surface area contributed by atoms with Gasteiger partial charge in [0.25, 0.3) is 5.91 Å². The zero-order valence-corrected chi connectivity index (χ0v) is 11.8. The van der Waals surface area contributed by atoms with Crippen molar-refractivity contribution in [2.75, 3.05) is 13.2 Å². The van der Waals surface area contributed by atoms with Gasteiger partial charge in [0, 0.05) is 12.6 Å². The summed E-state index contributed by atoms with van der Waals surface area (Å²) in [4.78, 5) is 11.5. The molecule has 0 heterocycles. The van der Waals surface area contributed by atoms with Crippen LogP contribution in [-0.2, 0) is 4.79 Å². The van der Waals surface area contributed by atoms with E-state index in [0.717, 1.165) is 16.9 Å². The Morgan fingerprint density at radius 1 is 1.39 bits per heavy atom. The maximum atomic E-state index is 11.5. The number of carbonyl (C=O) groups excluding carboxylic acids is 1. The molecule has 0 saturated heterocycles. The van der Waals surface area contributed by atoms with E-state index in [4.69, 9.17) is 10.5 Å². The normalized spacial score (nSPS) is 11.3. The van der Waals surface area contributed by atoms with E-state index in [-0.39, 0.29) is 31.0 Å². The summed E-state index contributed by atoms with van der Waals surface area (Å²) in [5, 5.41) is 2.75. The van der Waals surface area contributed by atoms with Crippen molar-refractivity contribution in [3.8, 4) is 5.75 Å². The molecule has 1 rings (SSSR count). The molecule has 1 aromatic carbocycles. The second-order valence-electron chi connectivity index (χ2n) is 4.21. The molecule has 0 saturated carbocycles. The van der Waals surface area contributed by atoms with Gasteiger partial charge in [-0.3, -0.25) is 4.79 Å². The molecule has 4 nitrogen and oxygen atoms in total. The molecule has 0 bridgehead atoms. The third kappa shape index (κ3) is 4.94. The van der Waals surface area contributed by atoms with Crippen molar-refractivity contribution in [2.24, 2.45) is 5.73 Å². The Hall–Kier alpha value is -1.26. The van der Waals surface area contributed by atoms with Gasteiger partial charge in [0.2, 0.25) is 0 Å². The van der Waals surface area contributed by atoms with Crippen molar-refractivity contribution >= 4 is 18.3 Å². The second kappa shape index (κ2) is 7.95. The number of nitrogens with two attached hydrogens (primary N) is 1. The number of aryl methyl sites for hydroxylation is 2. The molecule has 1 atom stereocenters. The van der Waals surface area contributed by atoms with E-state index in [1.807, 2.05) is 39.0 Å². The molecular weight excluding hydrogens is 252 g/mol. The van der Waals surface area contributed by atoms with Crippen molar-refractivity contribution in [3.05, 3.63) is 29.3 Å². The third-order valence-electron chi connectivity index (χ3n) is 2.52. The largest absolute Gasteiger partial charge is 0.483 e. The van der Waals surface area contributed by atoms with Gasteiger partial charge in [0.15, 0.2) is 6.61 Å². The number of para-hydroxylation sites is 1. The Balaban J connectivity index is 0.00000289. The van der Waals surface area contributed by atoms with Crippen molar-refractivity contribution in [1.29, 1.82) is 0 Å². The number of halogens is 1. The summed E-state index contributed by atoms with van der Waals surface area (Å²) in [5.41, 5.74) is 7.48. The van der Waals surface area contributed by atoms with Gasteiger partial charge in [-0.1, -0.05) is 18.2 Å². The van der Waals surface area contributed by atoms with E-state index in [2.05, 4.69) is 5.32 Å². The summed E-state index contributed by atoms with van der Waals surface area (Å²) in [6, 6.07) is 5.86. The SMILES string of the molecule is Cc1cccc(C)c1OCC(=O)N[C@@H](C)CN.Cl. The van der Waals surface area contributed by atoms with Gasteiger partial charge in [-0.15, -0.1) is 12.4 Å². The van der Waals surface area contributed by atoms with E-state index in [1.165, 1.54) is 0 Å². The smallest absolute Gasteiger partial charge is 0.258 e. The topological polar surface area (TPSA) is 64.3 Å². The first kappa shape index (κ1) is 16.7.